The lowest BCUT2D eigenvalue weighted by molar-refractivity contribution is -0.144. The largest absolute Gasteiger partial charge is 0.444 e. The summed E-state index contributed by atoms with van der Waals surface area (Å²) in [4.78, 5) is 28.8. The summed E-state index contributed by atoms with van der Waals surface area (Å²) in [5.41, 5.74) is -1.85. The molecule has 1 heterocycles. The highest BCUT2D eigenvalue weighted by atomic mass is 35.5. The lowest BCUT2D eigenvalue weighted by atomic mass is 9.93. The van der Waals surface area contributed by atoms with Crippen LogP contribution in [0, 0.1) is 5.82 Å². The molecule has 3 aromatic rings. The molecule has 11 heteroatoms. The molecule has 0 aromatic heterocycles. The number of nitrogens with one attached hydrogen (secondary N) is 1. The molecule has 0 saturated carbocycles. The van der Waals surface area contributed by atoms with Gasteiger partial charge in [0.05, 0.1) is 36.4 Å². The van der Waals surface area contributed by atoms with Gasteiger partial charge in [-0.3, -0.25) is 9.69 Å². The fraction of sp³-hybridized carbons (Fsp3) is 0.444. The Kier molecular flexibility index (Phi) is 11.2. The van der Waals surface area contributed by atoms with E-state index in [1.807, 2.05) is 36.4 Å². The van der Waals surface area contributed by atoms with E-state index in [9.17, 15) is 9.59 Å². The number of hydrogen-bond donors (Lipinski definition) is 1. The number of rotatable bonds is 8. The van der Waals surface area contributed by atoms with Crippen LogP contribution < -0.4 is 15.7 Å². The second-order valence-electron chi connectivity index (χ2n) is 14.4. The maximum Gasteiger partial charge on any atom is 0.410 e. The van der Waals surface area contributed by atoms with E-state index in [1.165, 1.54) is 17.0 Å². The van der Waals surface area contributed by atoms with Crippen LogP contribution in [0.15, 0.2) is 72.8 Å². The zero-order valence-corrected chi connectivity index (χ0v) is 30.8. The van der Waals surface area contributed by atoms with E-state index >= 15 is 4.39 Å². The number of carbonyl (C=O) groups excluding carboxylic acids is 2. The van der Waals surface area contributed by atoms with Gasteiger partial charge < -0.3 is 19.2 Å². The van der Waals surface area contributed by atoms with Crippen molar-refractivity contribution in [2.45, 2.75) is 83.7 Å². The number of amides is 2. The molecule has 47 heavy (non-hydrogen) atoms. The standard InChI is InChI=1S/C36H45Cl2FN2O5Si/c1-34(2,3)46-33(43)41-21-30(32(42)40-36(7,8)28-19-24(37)20-29(38)31(28)39)44-22-25(41)23-45-47(35(4,5)6,26-15-11-9-12-16-26)27-17-13-10-14-18-27/h9-20,25,30H,21-23H2,1-8H3,(H,40,42)/t25-,30-/m0/s1. The molecule has 4 rings (SSSR count). The molecule has 7 nitrogen and oxygen atoms in total. The van der Waals surface area contributed by atoms with Gasteiger partial charge in [-0.25, -0.2) is 9.18 Å². The first kappa shape index (κ1) is 36.9. The zero-order valence-electron chi connectivity index (χ0n) is 28.3. The van der Waals surface area contributed by atoms with Crippen LogP contribution in [0.4, 0.5) is 9.18 Å². The van der Waals surface area contributed by atoms with Crippen LogP contribution in [0.25, 0.3) is 0 Å². The molecule has 0 aliphatic carbocycles. The fourth-order valence-electron chi connectivity index (χ4n) is 5.99. The molecule has 0 unspecified atom stereocenters. The maximum absolute atomic E-state index is 15.0. The zero-order chi connectivity index (χ0) is 34.8. The van der Waals surface area contributed by atoms with Gasteiger partial charge in [-0.05, 0) is 62.2 Å². The number of ether oxygens (including phenoxy) is 2. The molecule has 1 aliphatic rings. The minimum Gasteiger partial charge on any atom is -0.444 e. The van der Waals surface area contributed by atoms with Crippen LogP contribution in [-0.4, -0.2) is 62.7 Å². The summed E-state index contributed by atoms with van der Waals surface area (Å²) in [7, 11) is -2.94. The van der Waals surface area contributed by atoms with Gasteiger partial charge >= 0.3 is 6.09 Å². The van der Waals surface area contributed by atoms with E-state index in [4.69, 9.17) is 37.1 Å². The quantitative estimate of drug-likeness (QED) is 0.201. The smallest absolute Gasteiger partial charge is 0.410 e. The Bertz CT molecular complexity index is 1520. The first-order valence-corrected chi connectivity index (χ1v) is 18.4. The summed E-state index contributed by atoms with van der Waals surface area (Å²) in [6, 6.07) is 22.6. The van der Waals surface area contributed by atoms with Gasteiger partial charge in [-0.15, -0.1) is 0 Å². The van der Waals surface area contributed by atoms with Crippen LogP contribution >= 0.6 is 23.2 Å². The van der Waals surface area contributed by atoms with Gasteiger partial charge in [0.15, 0.2) is 6.10 Å². The van der Waals surface area contributed by atoms with Crippen molar-refractivity contribution in [3.63, 3.8) is 0 Å². The molecule has 254 valence electrons. The first-order valence-electron chi connectivity index (χ1n) is 15.7. The molecule has 1 N–H and O–H groups in total. The van der Waals surface area contributed by atoms with Crippen molar-refractivity contribution in [1.29, 1.82) is 0 Å². The van der Waals surface area contributed by atoms with E-state index in [0.29, 0.717) is 0 Å². The number of nitrogens with zero attached hydrogens (tertiary/aromatic N) is 1. The van der Waals surface area contributed by atoms with E-state index in [0.717, 1.165) is 10.4 Å². The minimum absolute atomic E-state index is 0.0211. The number of carbonyl (C=O) groups is 2. The van der Waals surface area contributed by atoms with Gasteiger partial charge in [0, 0.05) is 10.6 Å². The minimum atomic E-state index is -2.94. The Hall–Kier alpha value is -2.95. The van der Waals surface area contributed by atoms with Crippen LogP contribution in [0.3, 0.4) is 0 Å². The van der Waals surface area contributed by atoms with Crippen LogP contribution in [0.1, 0.15) is 61.0 Å². The molecule has 1 saturated heterocycles. The van der Waals surface area contributed by atoms with Crippen LogP contribution in [0.5, 0.6) is 0 Å². The van der Waals surface area contributed by atoms with Crippen molar-refractivity contribution < 1.29 is 27.9 Å². The fourth-order valence-corrected chi connectivity index (χ4v) is 11.1. The number of hydrogen-bond acceptors (Lipinski definition) is 5. The van der Waals surface area contributed by atoms with Crippen LogP contribution in [0.2, 0.25) is 15.1 Å². The molecule has 0 bridgehead atoms. The summed E-state index contributed by atoms with van der Waals surface area (Å²) in [6.07, 6.45) is -1.63. The third-order valence-corrected chi connectivity index (χ3v) is 13.7. The highest BCUT2D eigenvalue weighted by molar-refractivity contribution is 6.99. The Morgan fingerprint density at radius 2 is 1.49 bits per heavy atom. The number of benzene rings is 3. The first-order chi connectivity index (χ1) is 21.9. The molecular formula is C36H45Cl2FN2O5Si. The van der Waals surface area contributed by atoms with E-state index < -0.39 is 49.4 Å². The molecule has 0 spiro atoms. The highest BCUT2D eigenvalue weighted by Gasteiger charge is 2.51. The molecule has 1 fully saturated rings. The monoisotopic (exact) mass is 702 g/mol. The van der Waals surface area contributed by atoms with Crippen molar-refractivity contribution >= 4 is 53.9 Å². The summed E-state index contributed by atoms with van der Waals surface area (Å²) in [6.45, 7) is 15.3. The highest BCUT2D eigenvalue weighted by Crippen LogP contribution is 2.37. The topological polar surface area (TPSA) is 77.1 Å². The maximum atomic E-state index is 15.0. The Balaban J connectivity index is 1.63. The van der Waals surface area contributed by atoms with Crippen molar-refractivity contribution in [3.8, 4) is 0 Å². The average Bonchev–Trinajstić information content (AvgIpc) is 2.98. The molecule has 0 radical (unpaired) electrons. The van der Waals surface area contributed by atoms with Gasteiger partial charge in [-0.1, -0.05) is 105 Å². The summed E-state index contributed by atoms with van der Waals surface area (Å²) in [5, 5.41) is 4.87. The third kappa shape index (κ3) is 8.38. The van der Waals surface area contributed by atoms with E-state index in [1.54, 1.807) is 34.6 Å². The predicted molar refractivity (Wildman–Crippen MR) is 188 cm³/mol. The van der Waals surface area contributed by atoms with E-state index in [-0.39, 0.29) is 40.4 Å². The van der Waals surface area contributed by atoms with Gasteiger partial charge in [0.1, 0.15) is 11.4 Å². The van der Waals surface area contributed by atoms with Crippen molar-refractivity contribution in [1.82, 2.24) is 10.2 Å². The number of morpholine rings is 1. The molecule has 3 aromatic carbocycles. The van der Waals surface area contributed by atoms with Crippen molar-refractivity contribution in [2.75, 3.05) is 19.8 Å². The summed E-state index contributed by atoms with van der Waals surface area (Å²) >= 11 is 12.2. The van der Waals surface area contributed by atoms with Gasteiger partial charge in [-0.2, -0.15) is 0 Å². The molecule has 2 atom stereocenters. The van der Waals surface area contributed by atoms with Crippen molar-refractivity contribution in [2.24, 2.45) is 0 Å². The Morgan fingerprint density at radius 1 is 0.936 bits per heavy atom. The van der Waals surface area contributed by atoms with Crippen LogP contribution in [-0.2, 0) is 24.2 Å². The number of halogens is 3. The lowest BCUT2D eigenvalue weighted by Gasteiger charge is -2.46. The summed E-state index contributed by atoms with van der Waals surface area (Å²) in [5.74, 6) is -1.20. The van der Waals surface area contributed by atoms with Gasteiger partial charge in [0.2, 0.25) is 0 Å². The lowest BCUT2D eigenvalue weighted by Crippen LogP contribution is -2.68. The van der Waals surface area contributed by atoms with E-state index in [2.05, 4.69) is 50.4 Å². The predicted octanol–water partition coefficient (Wildman–Crippen LogP) is 7.06. The second-order valence-corrected chi connectivity index (χ2v) is 19.6. The molecule has 2 amide bonds. The Morgan fingerprint density at radius 3 is 2.00 bits per heavy atom. The molecule has 1 aliphatic heterocycles. The normalized spacial score (nSPS) is 17.7. The SMILES string of the molecule is CC(C)(C)OC(=O)N1C[C@@H](C(=O)NC(C)(C)c2cc(Cl)cc(Cl)c2F)OC[C@H]1CO[Si](c1ccccc1)(c1ccccc1)C(C)(C)C. The Labute approximate surface area is 288 Å². The van der Waals surface area contributed by atoms with Crippen molar-refractivity contribution in [3.05, 3.63) is 94.2 Å². The van der Waals surface area contributed by atoms with Gasteiger partial charge in [0.25, 0.3) is 14.2 Å². The second kappa shape index (κ2) is 14.3. The average molecular weight is 704 g/mol. The molecular weight excluding hydrogens is 658 g/mol. The summed E-state index contributed by atoms with van der Waals surface area (Å²) < 4.78 is 34.0. The third-order valence-electron chi connectivity index (χ3n) is 8.22.